The summed E-state index contributed by atoms with van der Waals surface area (Å²) in [6, 6.07) is 11.1. The van der Waals surface area contributed by atoms with Crippen LogP contribution in [-0.2, 0) is 0 Å². The van der Waals surface area contributed by atoms with Gasteiger partial charge in [-0.15, -0.1) is 0 Å². The summed E-state index contributed by atoms with van der Waals surface area (Å²) in [7, 11) is 0. The largest absolute Gasteiger partial charge is 0.490 e. The van der Waals surface area contributed by atoms with Crippen molar-refractivity contribution in [3.8, 4) is 22.8 Å². The highest BCUT2D eigenvalue weighted by Gasteiger charge is 2.20. The third-order valence-corrected chi connectivity index (χ3v) is 3.23. The number of ether oxygens (including phenoxy) is 2. The van der Waals surface area contributed by atoms with Gasteiger partial charge in [0, 0.05) is 11.5 Å². The fraction of sp³-hybridized carbons (Fsp3) is 0.235. The van der Waals surface area contributed by atoms with E-state index in [1.807, 2.05) is 44.2 Å². The minimum absolute atomic E-state index is 0.202. The van der Waals surface area contributed by atoms with Gasteiger partial charge in [0.15, 0.2) is 5.75 Å². The molecule has 1 aliphatic carbocycles. The molecule has 0 bridgehead atoms. The fourth-order valence-electron chi connectivity index (χ4n) is 2.34. The molecule has 0 unspecified atom stereocenters. The van der Waals surface area contributed by atoms with E-state index in [1.54, 1.807) is 6.07 Å². The third-order valence-electron chi connectivity index (χ3n) is 3.23. The van der Waals surface area contributed by atoms with Gasteiger partial charge in [0.05, 0.1) is 18.8 Å². The molecule has 0 spiro atoms. The molecule has 0 atom stereocenters. The van der Waals surface area contributed by atoms with Crippen molar-refractivity contribution in [2.75, 3.05) is 13.2 Å². The monoisotopic (exact) mass is 284 g/mol. The zero-order chi connectivity index (χ0) is 14.8. The van der Waals surface area contributed by atoms with Crippen LogP contribution in [0.5, 0.6) is 11.5 Å². The Morgan fingerprint density at radius 1 is 1.05 bits per heavy atom. The number of fused-ring (bicyclic) bond motifs is 2. The lowest BCUT2D eigenvalue weighted by atomic mass is 10.1. The molecular weight excluding hydrogens is 268 g/mol. The van der Waals surface area contributed by atoms with E-state index in [4.69, 9.17) is 13.9 Å². The minimum atomic E-state index is -0.202. The van der Waals surface area contributed by atoms with Crippen LogP contribution >= 0.6 is 0 Å². The van der Waals surface area contributed by atoms with Crippen LogP contribution in [0.3, 0.4) is 0 Å². The average Bonchev–Trinajstić information content (AvgIpc) is 2.50. The molecule has 1 aliphatic heterocycles. The molecule has 4 heteroatoms. The van der Waals surface area contributed by atoms with Gasteiger partial charge in [0.25, 0.3) is 0 Å². The quantitative estimate of drug-likeness (QED) is 0.685. The van der Waals surface area contributed by atoms with Crippen molar-refractivity contribution in [2.45, 2.75) is 13.8 Å². The fourth-order valence-corrected chi connectivity index (χ4v) is 2.34. The summed E-state index contributed by atoms with van der Waals surface area (Å²) in [6.07, 6.45) is 0. The lowest BCUT2D eigenvalue weighted by Crippen LogP contribution is -2.13. The van der Waals surface area contributed by atoms with Gasteiger partial charge in [-0.1, -0.05) is 18.2 Å². The second-order valence-electron chi connectivity index (χ2n) is 4.60. The Hall–Kier alpha value is -2.49. The number of rotatable bonds is 4. The molecule has 0 amide bonds. The molecule has 0 fully saturated rings. The molecule has 0 N–H and O–H groups in total. The van der Waals surface area contributed by atoms with Gasteiger partial charge in [0.2, 0.25) is 11.2 Å². The van der Waals surface area contributed by atoms with Crippen molar-refractivity contribution in [1.82, 2.24) is 0 Å². The Bertz CT molecular complexity index is 804. The van der Waals surface area contributed by atoms with E-state index in [2.05, 4.69) is 0 Å². The topological polar surface area (TPSA) is 48.7 Å². The number of para-hydroxylation sites is 1. The maximum atomic E-state index is 12.6. The van der Waals surface area contributed by atoms with Crippen LogP contribution < -0.4 is 14.9 Å². The van der Waals surface area contributed by atoms with Crippen molar-refractivity contribution >= 4 is 11.0 Å². The minimum Gasteiger partial charge on any atom is -0.490 e. The first-order chi connectivity index (χ1) is 10.2. The van der Waals surface area contributed by atoms with Gasteiger partial charge < -0.3 is 13.9 Å². The normalized spacial score (nSPS) is 11.0. The van der Waals surface area contributed by atoms with Gasteiger partial charge >= 0.3 is 0 Å². The van der Waals surface area contributed by atoms with E-state index in [0.717, 1.165) is 11.0 Å². The summed E-state index contributed by atoms with van der Waals surface area (Å²) in [5.74, 6) is 1.18. The Morgan fingerprint density at radius 2 is 1.81 bits per heavy atom. The van der Waals surface area contributed by atoms with Crippen LogP contribution in [0.25, 0.3) is 22.3 Å². The molecule has 0 radical (unpaired) electrons. The van der Waals surface area contributed by atoms with E-state index >= 15 is 0 Å². The molecule has 108 valence electrons. The zero-order valence-electron chi connectivity index (χ0n) is 12.0. The lowest BCUT2D eigenvalue weighted by molar-refractivity contribution is 0.285. The van der Waals surface area contributed by atoms with E-state index in [1.165, 1.54) is 0 Å². The molecular formula is C17H16O4. The first kappa shape index (κ1) is 13.5. The van der Waals surface area contributed by atoms with Gasteiger partial charge in [-0.25, -0.2) is 0 Å². The summed E-state index contributed by atoms with van der Waals surface area (Å²) in [6.45, 7) is 4.57. The molecule has 1 aromatic rings. The van der Waals surface area contributed by atoms with Crippen LogP contribution in [0, 0.1) is 0 Å². The van der Waals surface area contributed by atoms with Crippen LogP contribution in [-0.4, -0.2) is 13.2 Å². The van der Waals surface area contributed by atoms with Gasteiger partial charge in [0.1, 0.15) is 11.3 Å². The molecule has 3 rings (SSSR count). The molecule has 1 aromatic carbocycles. The molecule has 21 heavy (non-hydrogen) atoms. The molecule has 1 heterocycles. The lowest BCUT2D eigenvalue weighted by Gasteiger charge is -2.14. The molecule has 0 saturated heterocycles. The second kappa shape index (κ2) is 5.48. The predicted molar refractivity (Wildman–Crippen MR) is 81.4 cm³/mol. The summed E-state index contributed by atoms with van der Waals surface area (Å²) in [5.41, 5.74) is 1.03. The maximum absolute atomic E-state index is 12.6. The predicted octanol–water partition coefficient (Wildman–Crippen LogP) is 3.70. The Kier molecular flexibility index (Phi) is 3.52. The van der Waals surface area contributed by atoms with Crippen LogP contribution in [0.2, 0.25) is 0 Å². The number of hydrogen-bond donors (Lipinski definition) is 0. The number of benzene rings is 2. The summed E-state index contributed by atoms with van der Waals surface area (Å²) in [5, 5.41) is 0.883. The maximum Gasteiger partial charge on any atom is 0.235 e. The van der Waals surface area contributed by atoms with E-state index in [9.17, 15) is 4.79 Å². The van der Waals surface area contributed by atoms with Gasteiger partial charge in [-0.2, -0.15) is 0 Å². The molecule has 0 saturated carbocycles. The van der Waals surface area contributed by atoms with Crippen molar-refractivity contribution in [3.05, 3.63) is 46.6 Å². The Morgan fingerprint density at radius 3 is 2.57 bits per heavy atom. The first-order valence-corrected chi connectivity index (χ1v) is 6.99. The molecule has 0 aromatic heterocycles. The summed E-state index contributed by atoms with van der Waals surface area (Å²) >= 11 is 0. The highest BCUT2D eigenvalue weighted by Crippen LogP contribution is 2.34. The average molecular weight is 284 g/mol. The smallest absolute Gasteiger partial charge is 0.235 e. The highest BCUT2D eigenvalue weighted by molar-refractivity contribution is 5.83. The Labute approximate surface area is 122 Å². The SMILES string of the molecule is CCOc1cc2oc3ccccc3cc-2c(=O)c1OCC. The molecule has 2 aliphatic rings. The Balaban J connectivity index is 2.33. The van der Waals surface area contributed by atoms with E-state index in [0.29, 0.717) is 30.3 Å². The van der Waals surface area contributed by atoms with Crippen molar-refractivity contribution in [3.63, 3.8) is 0 Å². The van der Waals surface area contributed by atoms with Crippen molar-refractivity contribution < 1.29 is 13.9 Å². The van der Waals surface area contributed by atoms with E-state index < -0.39 is 0 Å². The van der Waals surface area contributed by atoms with E-state index in [-0.39, 0.29) is 11.2 Å². The summed E-state index contributed by atoms with van der Waals surface area (Å²) in [4.78, 5) is 12.6. The standard InChI is InChI=1S/C17H16O4/c1-3-19-15-10-14-12(16(18)17(15)20-4-2)9-11-7-5-6-8-13(11)21-14/h5-10H,3-4H2,1-2H3. The summed E-state index contributed by atoms with van der Waals surface area (Å²) < 4.78 is 16.8. The highest BCUT2D eigenvalue weighted by atomic mass is 16.5. The first-order valence-electron chi connectivity index (χ1n) is 6.99. The molecule has 4 nitrogen and oxygen atoms in total. The third kappa shape index (κ3) is 2.33. The van der Waals surface area contributed by atoms with Crippen molar-refractivity contribution in [1.29, 1.82) is 0 Å². The van der Waals surface area contributed by atoms with Crippen LogP contribution in [0.4, 0.5) is 0 Å². The number of hydrogen-bond acceptors (Lipinski definition) is 4. The van der Waals surface area contributed by atoms with Crippen LogP contribution in [0.15, 0.2) is 45.6 Å². The van der Waals surface area contributed by atoms with Gasteiger partial charge in [-0.3, -0.25) is 4.79 Å². The zero-order valence-corrected chi connectivity index (χ0v) is 12.0. The second-order valence-corrected chi connectivity index (χ2v) is 4.60. The van der Waals surface area contributed by atoms with Crippen molar-refractivity contribution in [2.24, 2.45) is 0 Å². The van der Waals surface area contributed by atoms with Gasteiger partial charge in [-0.05, 0) is 26.0 Å². The van der Waals surface area contributed by atoms with Crippen LogP contribution in [0.1, 0.15) is 13.8 Å².